The van der Waals surface area contributed by atoms with Crippen LogP contribution in [-0.4, -0.2) is 12.1 Å². The van der Waals surface area contributed by atoms with Crippen LogP contribution in [0.25, 0.3) is 0 Å². The minimum absolute atomic E-state index is 0.275. The van der Waals surface area contributed by atoms with E-state index in [1.54, 1.807) is 0 Å². The van der Waals surface area contributed by atoms with E-state index >= 15 is 0 Å². The summed E-state index contributed by atoms with van der Waals surface area (Å²) < 4.78 is 0. The highest BCUT2D eigenvalue weighted by Crippen LogP contribution is 2.31. The Morgan fingerprint density at radius 3 is 2.12 bits per heavy atom. The van der Waals surface area contributed by atoms with Gasteiger partial charge in [-0.2, -0.15) is 0 Å². The number of hydrogen-bond donors (Lipinski definition) is 1. The van der Waals surface area contributed by atoms with Gasteiger partial charge in [0.2, 0.25) is 0 Å². The van der Waals surface area contributed by atoms with Crippen molar-refractivity contribution in [1.29, 1.82) is 0 Å². The van der Waals surface area contributed by atoms with Crippen LogP contribution in [-0.2, 0) is 0 Å². The molecular formula is C16H33N. The van der Waals surface area contributed by atoms with Crippen LogP contribution in [0.3, 0.4) is 0 Å². The predicted octanol–water partition coefficient (Wildman–Crippen LogP) is 4.76. The van der Waals surface area contributed by atoms with Crippen molar-refractivity contribution in [2.45, 2.75) is 84.6 Å². The van der Waals surface area contributed by atoms with Crippen molar-refractivity contribution in [1.82, 2.24) is 5.32 Å². The molecule has 102 valence electrons. The molecule has 0 saturated heterocycles. The molecule has 1 rings (SSSR count). The van der Waals surface area contributed by atoms with E-state index in [0.29, 0.717) is 0 Å². The molecule has 0 aromatic carbocycles. The number of rotatable bonds is 5. The van der Waals surface area contributed by atoms with Crippen LogP contribution in [0.4, 0.5) is 0 Å². The van der Waals surface area contributed by atoms with Crippen molar-refractivity contribution in [2.75, 3.05) is 6.54 Å². The Balaban J connectivity index is 2.44. The Kier molecular flexibility index (Phi) is 6.54. The molecular weight excluding hydrogens is 206 g/mol. The molecule has 1 saturated carbocycles. The van der Waals surface area contributed by atoms with Gasteiger partial charge in [-0.05, 0) is 45.6 Å². The van der Waals surface area contributed by atoms with E-state index in [1.165, 1.54) is 57.9 Å². The van der Waals surface area contributed by atoms with Crippen molar-refractivity contribution in [3.05, 3.63) is 0 Å². The Morgan fingerprint density at radius 1 is 1.06 bits per heavy atom. The van der Waals surface area contributed by atoms with E-state index < -0.39 is 0 Å². The molecule has 0 aromatic rings. The lowest BCUT2D eigenvalue weighted by molar-refractivity contribution is 0.247. The molecule has 1 heteroatoms. The summed E-state index contributed by atoms with van der Waals surface area (Å²) in [5.41, 5.74) is 0.275. The molecule has 0 radical (unpaired) electrons. The third-order valence-corrected chi connectivity index (χ3v) is 4.12. The molecule has 1 fully saturated rings. The highest BCUT2D eigenvalue weighted by molar-refractivity contribution is 4.78. The van der Waals surface area contributed by atoms with Crippen LogP contribution >= 0.6 is 0 Å². The zero-order valence-corrected chi connectivity index (χ0v) is 12.5. The van der Waals surface area contributed by atoms with Crippen LogP contribution in [0.2, 0.25) is 0 Å². The van der Waals surface area contributed by atoms with Gasteiger partial charge in [-0.1, -0.05) is 51.9 Å². The van der Waals surface area contributed by atoms with E-state index in [4.69, 9.17) is 0 Å². The molecule has 0 spiro atoms. The molecule has 1 atom stereocenters. The average molecular weight is 239 g/mol. The fraction of sp³-hybridized carbons (Fsp3) is 1.00. The summed E-state index contributed by atoms with van der Waals surface area (Å²) in [6.45, 7) is 10.4. The van der Waals surface area contributed by atoms with E-state index in [9.17, 15) is 0 Å². The lowest BCUT2D eigenvalue weighted by atomic mass is 9.83. The smallest absolute Gasteiger partial charge is 0.00966 e. The van der Waals surface area contributed by atoms with Crippen molar-refractivity contribution in [2.24, 2.45) is 11.8 Å². The molecule has 17 heavy (non-hydrogen) atoms. The third kappa shape index (κ3) is 6.45. The first-order valence-corrected chi connectivity index (χ1v) is 7.78. The minimum Gasteiger partial charge on any atom is -0.312 e. The summed E-state index contributed by atoms with van der Waals surface area (Å²) in [5, 5.41) is 3.72. The van der Waals surface area contributed by atoms with Gasteiger partial charge in [0.05, 0.1) is 0 Å². The second-order valence-corrected chi connectivity index (χ2v) is 6.93. The van der Waals surface area contributed by atoms with Gasteiger partial charge < -0.3 is 5.32 Å². The Morgan fingerprint density at radius 2 is 1.65 bits per heavy atom. The fourth-order valence-electron chi connectivity index (χ4n) is 3.09. The summed E-state index contributed by atoms with van der Waals surface area (Å²) in [4.78, 5) is 0. The van der Waals surface area contributed by atoms with Gasteiger partial charge in [-0.3, -0.25) is 0 Å². The first-order valence-electron chi connectivity index (χ1n) is 7.78. The lowest BCUT2D eigenvalue weighted by Crippen LogP contribution is -2.40. The van der Waals surface area contributed by atoms with Crippen molar-refractivity contribution >= 4 is 0 Å². The molecule has 1 unspecified atom stereocenters. The largest absolute Gasteiger partial charge is 0.312 e. The second kappa shape index (κ2) is 7.41. The monoisotopic (exact) mass is 239 g/mol. The molecule has 1 aliphatic carbocycles. The van der Waals surface area contributed by atoms with Crippen LogP contribution in [0.5, 0.6) is 0 Å². The maximum absolute atomic E-state index is 3.72. The van der Waals surface area contributed by atoms with Gasteiger partial charge >= 0.3 is 0 Å². The maximum Gasteiger partial charge on any atom is 0.00966 e. The van der Waals surface area contributed by atoms with Gasteiger partial charge in [0.25, 0.3) is 0 Å². The van der Waals surface area contributed by atoms with Crippen LogP contribution in [0.1, 0.15) is 79.1 Å². The summed E-state index contributed by atoms with van der Waals surface area (Å²) >= 11 is 0. The van der Waals surface area contributed by atoms with Crippen molar-refractivity contribution < 1.29 is 0 Å². The van der Waals surface area contributed by atoms with Gasteiger partial charge in [0.15, 0.2) is 0 Å². The molecule has 1 nitrogen and oxygen atoms in total. The molecule has 0 aliphatic heterocycles. The van der Waals surface area contributed by atoms with Gasteiger partial charge in [0, 0.05) is 5.54 Å². The normalized spacial score (nSPS) is 21.2. The molecule has 1 aliphatic rings. The minimum atomic E-state index is 0.275. The van der Waals surface area contributed by atoms with E-state index in [1.807, 2.05) is 0 Å². The fourth-order valence-corrected chi connectivity index (χ4v) is 3.09. The molecule has 0 heterocycles. The summed E-state index contributed by atoms with van der Waals surface area (Å²) in [6.07, 6.45) is 11.6. The first kappa shape index (κ1) is 15.0. The molecule has 0 aromatic heterocycles. The second-order valence-electron chi connectivity index (χ2n) is 6.93. The topological polar surface area (TPSA) is 12.0 Å². The van der Waals surface area contributed by atoms with Crippen molar-refractivity contribution in [3.63, 3.8) is 0 Å². The quantitative estimate of drug-likeness (QED) is 0.682. The molecule has 0 bridgehead atoms. The summed E-state index contributed by atoms with van der Waals surface area (Å²) in [6, 6.07) is 0. The first-order chi connectivity index (χ1) is 8.03. The predicted molar refractivity (Wildman–Crippen MR) is 77.3 cm³/mol. The Labute approximate surface area is 109 Å². The lowest BCUT2D eigenvalue weighted by Gasteiger charge is -2.30. The third-order valence-electron chi connectivity index (χ3n) is 4.12. The van der Waals surface area contributed by atoms with Crippen LogP contribution < -0.4 is 5.32 Å². The van der Waals surface area contributed by atoms with E-state index in [2.05, 4.69) is 33.0 Å². The average Bonchev–Trinajstić information content (AvgIpc) is 2.51. The summed E-state index contributed by atoms with van der Waals surface area (Å²) in [7, 11) is 0. The Hall–Kier alpha value is -0.0400. The van der Waals surface area contributed by atoms with Crippen molar-refractivity contribution in [3.8, 4) is 0 Å². The molecule has 0 amide bonds. The van der Waals surface area contributed by atoms with Crippen LogP contribution in [0.15, 0.2) is 0 Å². The molecule has 1 N–H and O–H groups in total. The van der Waals surface area contributed by atoms with Gasteiger partial charge in [-0.25, -0.2) is 0 Å². The number of nitrogens with one attached hydrogen (secondary N) is 1. The summed E-state index contributed by atoms with van der Waals surface area (Å²) in [5.74, 6) is 1.91. The highest BCUT2D eigenvalue weighted by Gasteiger charge is 2.23. The maximum atomic E-state index is 3.72. The highest BCUT2D eigenvalue weighted by atomic mass is 14.9. The van der Waals surface area contributed by atoms with Gasteiger partial charge in [0.1, 0.15) is 0 Å². The standard InChI is InChI=1S/C16H33N/c1-5-10-15(13-17-16(2,3)4)14-11-8-6-7-9-12-14/h14-15,17H,5-13H2,1-4H3. The number of hydrogen-bond acceptors (Lipinski definition) is 1. The van der Waals surface area contributed by atoms with Crippen LogP contribution in [0, 0.1) is 11.8 Å². The van der Waals surface area contributed by atoms with E-state index in [-0.39, 0.29) is 5.54 Å². The van der Waals surface area contributed by atoms with E-state index in [0.717, 1.165) is 11.8 Å². The zero-order chi connectivity index (χ0) is 12.7. The Bertz CT molecular complexity index is 184. The SMILES string of the molecule is CCCC(CNC(C)(C)C)C1CCCCCC1. The van der Waals surface area contributed by atoms with Gasteiger partial charge in [-0.15, -0.1) is 0 Å². The zero-order valence-electron chi connectivity index (χ0n) is 12.5.